The van der Waals surface area contributed by atoms with Crippen LogP contribution < -0.4 is 0 Å². The molecule has 5 heteroatoms. The number of hydrogen-bond donors (Lipinski definition) is 2. The minimum atomic E-state index is -2.62. The molecule has 0 saturated carbocycles. The summed E-state index contributed by atoms with van der Waals surface area (Å²) in [6.07, 6.45) is 9.82. The molecule has 0 aliphatic heterocycles. The van der Waals surface area contributed by atoms with Crippen LogP contribution in [0.25, 0.3) is 0 Å². The van der Waals surface area contributed by atoms with Crippen molar-refractivity contribution in [1.82, 2.24) is 0 Å². The molecule has 0 aromatic carbocycles. The second kappa shape index (κ2) is 13.6. The molecule has 0 aromatic rings. The Hall–Kier alpha value is 0.660. The summed E-state index contributed by atoms with van der Waals surface area (Å²) in [7, 11) is -2.62. The lowest BCUT2D eigenvalue weighted by atomic mass is 10.2. The minimum absolute atomic E-state index is 0.468. The van der Waals surface area contributed by atoms with Crippen LogP contribution in [0, 0.1) is 0 Å². The molecule has 0 rings (SSSR count). The molecule has 0 spiro atoms. The van der Waals surface area contributed by atoms with Gasteiger partial charge in [0.1, 0.15) is 12.8 Å². The first kappa shape index (κ1) is 19.7. The van der Waals surface area contributed by atoms with Gasteiger partial charge in [-0.25, -0.2) is 0 Å². The molecule has 1 unspecified atom stereocenters. The summed E-state index contributed by atoms with van der Waals surface area (Å²) in [4.78, 5) is 10.4. The van der Waals surface area contributed by atoms with E-state index < -0.39 is 7.94 Å². The van der Waals surface area contributed by atoms with E-state index in [1.165, 1.54) is 32.1 Å². The highest BCUT2D eigenvalue weighted by atomic mass is 32.1. The third-order valence-electron chi connectivity index (χ3n) is 2.97. The zero-order valence-electron chi connectivity index (χ0n) is 12.6. The highest BCUT2D eigenvalue weighted by molar-refractivity contribution is 7.80. The molecular formula is C14H32O3PS+. The summed E-state index contributed by atoms with van der Waals surface area (Å²) < 4.78 is 11.2. The van der Waals surface area contributed by atoms with Gasteiger partial charge in [0.2, 0.25) is 0 Å². The standard InChI is InChI=1S/C14H31O3PS/c1-3-5-7-9-11-16-18(15,17-12-14-19)13-10-8-6-4-2/h15H,3-14H2,1-2H3/p+1. The molecule has 0 fully saturated rings. The van der Waals surface area contributed by atoms with Crippen molar-refractivity contribution in [1.29, 1.82) is 0 Å². The fourth-order valence-corrected chi connectivity index (χ4v) is 3.81. The van der Waals surface area contributed by atoms with Crippen LogP contribution in [-0.4, -0.2) is 30.0 Å². The van der Waals surface area contributed by atoms with Gasteiger partial charge in [0.15, 0.2) is 0 Å². The predicted molar refractivity (Wildman–Crippen MR) is 88.0 cm³/mol. The summed E-state index contributed by atoms with van der Waals surface area (Å²) in [6, 6.07) is 0. The summed E-state index contributed by atoms with van der Waals surface area (Å²) in [5.41, 5.74) is 0. The van der Waals surface area contributed by atoms with Crippen molar-refractivity contribution in [3.05, 3.63) is 0 Å². The second-order valence-corrected chi connectivity index (χ2v) is 7.56. The quantitative estimate of drug-likeness (QED) is 0.273. The van der Waals surface area contributed by atoms with E-state index in [0.29, 0.717) is 25.1 Å². The lowest BCUT2D eigenvalue weighted by Crippen LogP contribution is -2.09. The summed E-state index contributed by atoms with van der Waals surface area (Å²) >= 11 is 4.12. The molecule has 0 bridgehead atoms. The van der Waals surface area contributed by atoms with Gasteiger partial charge in [-0.2, -0.15) is 26.6 Å². The third-order valence-corrected chi connectivity index (χ3v) is 5.21. The molecule has 1 atom stereocenters. The molecule has 0 amide bonds. The van der Waals surface area contributed by atoms with E-state index in [1.54, 1.807) is 0 Å². The van der Waals surface area contributed by atoms with Gasteiger partial charge in [0.25, 0.3) is 0 Å². The fraction of sp³-hybridized carbons (Fsp3) is 1.00. The number of unbranched alkanes of at least 4 members (excludes halogenated alkanes) is 6. The van der Waals surface area contributed by atoms with Crippen LogP contribution in [0.2, 0.25) is 0 Å². The van der Waals surface area contributed by atoms with Gasteiger partial charge >= 0.3 is 7.94 Å². The van der Waals surface area contributed by atoms with Crippen molar-refractivity contribution < 1.29 is 13.9 Å². The normalized spacial score (nSPS) is 14.5. The van der Waals surface area contributed by atoms with Crippen LogP contribution in [0.15, 0.2) is 0 Å². The van der Waals surface area contributed by atoms with E-state index in [0.717, 1.165) is 19.3 Å². The Morgan fingerprint density at radius 1 is 0.842 bits per heavy atom. The monoisotopic (exact) mass is 311 g/mol. The molecule has 0 radical (unpaired) electrons. The largest absolute Gasteiger partial charge is 0.408 e. The van der Waals surface area contributed by atoms with Gasteiger partial charge in [-0.15, -0.1) is 0 Å². The van der Waals surface area contributed by atoms with E-state index >= 15 is 0 Å². The molecule has 116 valence electrons. The zero-order chi connectivity index (χ0) is 14.4. The van der Waals surface area contributed by atoms with Gasteiger partial charge in [-0.3, -0.25) is 0 Å². The molecule has 19 heavy (non-hydrogen) atoms. The van der Waals surface area contributed by atoms with Crippen LogP contribution in [0.3, 0.4) is 0 Å². The highest BCUT2D eigenvalue weighted by Crippen LogP contribution is 2.57. The van der Waals surface area contributed by atoms with Crippen LogP contribution in [0.5, 0.6) is 0 Å². The fourth-order valence-electron chi connectivity index (χ4n) is 1.82. The van der Waals surface area contributed by atoms with Crippen molar-refractivity contribution in [2.75, 3.05) is 25.1 Å². The molecular weight excluding hydrogens is 279 g/mol. The van der Waals surface area contributed by atoms with E-state index in [2.05, 4.69) is 26.5 Å². The van der Waals surface area contributed by atoms with E-state index in [-0.39, 0.29) is 0 Å². The Morgan fingerprint density at radius 3 is 2.00 bits per heavy atom. The topological polar surface area (TPSA) is 38.7 Å². The third kappa shape index (κ3) is 12.1. The number of thiol groups is 1. The molecule has 1 N–H and O–H groups in total. The van der Waals surface area contributed by atoms with Gasteiger partial charge in [0.05, 0.1) is 6.61 Å². The average molecular weight is 311 g/mol. The Kier molecular flexibility index (Phi) is 14.1. The van der Waals surface area contributed by atoms with E-state index in [9.17, 15) is 4.89 Å². The van der Waals surface area contributed by atoms with E-state index in [4.69, 9.17) is 9.05 Å². The predicted octanol–water partition coefficient (Wildman–Crippen LogP) is 4.86. The maximum absolute atomic E-state index is 10.4. The Balaban J connectivity index is 3.88. The van der Waals surface area contributed by atoms with Gasteiger partial charge in [0, 0.05) is 5.75 Å². The first-order chi connectivity index (χ1) is 9.18. The van der Waals surface area contributed by atoms with Crippen LogP contribution in [0.1, 0.15) is 65.2 Å². The maximum atomic E-state index is 10.4. The first-order valence-electron chi connectivity index (χ1n) is 7.69. The Labute approximate surface area is 125 Å². The van der Waals surface area contributed by atoms with Gasteiger partial charge in [-0.1, -0.05) is 46.0 Å². The van der Waals surface area contributed by atoms with Crippen LogP contribution >= 0.6 is 20.6 Å². The van der Waals surface area contributed by atoms with Crippen LogP contribution in [-0.2, 0) is 9.05 Å². The molecule has 0 aliphatic carbocycles. The highest BCUT2D eigenvalue weighted by Gasteiger charge is 2.39. The SMILES string of the molecule is CCCCCCO[P+](O)(CCCCCC)OCCS. The van der Waals surface area contributed by atoms with Crippen molar-refractivity contribution in [3.63, 3.8) is 0 Å². The molecule has 0 aromatic heterocycles. The molecule has 0 saturated heterocycles. The molecule has 3 nitrogen and oxygen atoms in total. The lowest BCUT2D eigenvalue weighted by Gasteiger charge is -2.17. The number of rotatable bonds is 14. The van der Waals surface area contributed by atoms with Crippen molar-refractivity contribution >= 4 is 20.6 Å². The van der Waals surface area contributed by atoms with Crippen molar-refractivity contribution in [2.45, 2.75) is 65.2 Å². The molecule has 0 heterocycles. The lowest BCUT2D eigenvalue weighted by molar-refractivity contribution is 0.180. The Morgan fingerprint density at radius 2 is 1.42 bits per heavy atom. The Bertz CT molecular complexity index is 196. The van der Waals surface area contributed by atoms with Crippen molar-refractivity contribution in [3.8, 4) is 0 Å². The van der Waals surface area contributed by atoms with Gasteiger partial charge in [-0.05, 0) is 19.3 Å². The maximum Gasteiger partial charge on any atom is 0.408 e. The molecule has 0 aliphatic rings. The smallest absolute Gasteiger partial charge is 0.193 e. The second-order valence-electron chi connectivity index (χ2n) is 4.87. The summed E-state index contributed by atoms with van der Waals surface area (Å²) in [6.45, 7) is 5.46. The minimum Gasteiger partial charge on any atom is -0.193 e. The first-order valence-corrected chi connectivity index (χ1v) is 10.1. The zero-order valence-corrected chi connectivity index (χ0v) is 14.4. The van der Waals surface area contributed by atoms with Gasteiger partial charge < -0.3 is 0 Å². The summed E-state index contributed by atoms with van der Waals surface area (Å²) in [5, 5.41) is 0. The van der Waals surface area contributed by atoms with E-state index in [1.807, 2.05) is 0 Å². The number of hydrogen-bond acceptors (Lipinski definition) is 4. The summed E-state index contributed by atoms with van der Waals surface area (Å²) in [5.74, 6) is 0.621. The van der Waals surface area contributed by atoms with Crippen LogP contribution in [0.4, 0.5) is 0 Å². The van der Waals surface area contributed by atoms with Crippen molar-refractivity contribution in [2.24, 2.45) is 0 Å². The average Bonchev–Trinajstić information content (AvgIpc) is 2.41.